The quantitative estimate of drug-likeness (QED) is 0.717. The molecule has 0 radical (unpaired) electrons. The van der Waals surface area contributed by atoms with Crippen LogP contribution in [0.2, 0.25) is 0 Å². The summed E-state index contributed by atoms with van der Waals surface area (Å²) in [6.07, 6.45) is 0. The van der Waals surface area contributed by atoms with Crippen LogP contribution in [0.1, 0.15) is 13.8 Å². The average molecular weight is 404 g/mol. The third-order valence-corrected chi connectivity index (χ3v) is 6.01. The van der Waals surface area contributed by atoms with Crippen molar-refractivity contribution < 1.29 is 4.79 Å². The lowest BCUT2D eigenvalue weighted by Crippen LogP contribution is -2.22. The van der Waals surface area contributed by atoms with Crippen LogP contribution in [0.15, 0.2) is 37.4 Å². The molecule has 0 bridgehead atoms. The van der Waals surface area contributed by atoms with Gasteiger partial charge in [-0.25, -0.2) is 0 Å². The lowest BCUT2D eigenvalue weighted by Gasteiger charge is -2.10. The standard InChI is InChI=1S/C13H14BrN3OS3/c1-3-19-12-16-17-13(21-12)20-8(2)11(18)15-10-6-4-5-9(14)7-10/h4-8H,3H2,1-2H3,(H,15,18)/t8-/m1/s1. The zero-order valence-corrected chi connectivity index (χ0v) is 15.5. The molecule has 0 aliphatic carbocycles. The number of nitrogens with zero attached hydrogens (tertiary/aromatic N) is 2. The Kier molecular flexibility index (Phi) is 6.53. The largest absolute Gasteiger partial charge is 0.325 e. The Hall–Kier alpha value is -0.570. The molecule has 0 saturated heterocycles. The maximum Gasteiger partial charge on any atom is 0.237 e. The Balaban J connectivity index is 1.92. The number of benzene rings is 1. The molecule has 0 aliphatic rings. The molecular formula is C13H14BrN3OS3. The van der Waals surface area contributed by atoms with Crippen molar-refractivity contribution in [3.63, 3.8) is 0 Å². The van der Waals surface area contributed by atoms with Crippen molar-refractivity contribution in [3.8, 4) is 0 Å². The minimum atomic E-state index is -0.226. The molecule has 1 amide bonds. The molecule has 1 aromatic heterocycles. The van der Waals surface area contributed by atoms with Crippen molar-refractivity contribution >= 4 is 62.4 Å². The third-order valence-electron chi connectivity index (χ3n) is 2.39. The lowest BCUT2D eigenvalue weighted by atomic mass is 10.3. The molecule has 112 valence electrons. The minimum absolute atomic E-state index is 0.0435. The summed E-state index contributed by atoms with van der Waals surface area (Å²) in [7, 11) is 0. The number of hydrogen-bond donors (Lipinski definition) is 1. The van der Waals surface area contributed by atoms with Crippen molar-refractivity contribution in [1.82, 2.24) is 10.2 Å². The maximum atomic E-state index is 12.2. The van der Waals surface area contributed by atoms with Gasteiger partial charge in [-0.1, -0.05) is 63.8 Å². The molecule has 0 unspecified atom stereocenters. The van der Waals surface area contributed by atoms with Crippen LogP contribution < -0.4 is 5.32 Å². The first-order valence-corrected chi connectivity index (χ1v) is 9.75. The van der Waals surface area contributed by atoms with Crippen LogP contribution in [0.3, 0.4) is 0 Å². The van der Waals surface area contributed by atoms with Gasteiger partial charge in [0.05, 0.1) is 5.25 Å². The molecule has 4 nitrogen and oxygen atoms in total. The van der Waals surface area contributed by atoms with Crippen LogP contribution >= 0.6 is 50.8 Å². The van der Waals surface area contributed by atoms with Gasteiger partial charge in [0.2, 0.25) is 5.91 Å². The van der Waals surface area contributed by atoms with E-state index in [0.29, 0.717) is 0 Å². The van der Waals surface area contributed by atoms with Gasteiger partial charge in [0, 0.05) is 10.2 Å². The lowest BCUT2D eigenvalue weighted by molar-refractivity contribution is -0.115. The van der Waals surface area contributed by atoms with Crippen molar-refractivity contribution in [3.05, 3.63) is 28.7 Å². The van der Waals surface area contributed by atoms with Gasteiger partial charge in [-0.3, -0.25) is 4.79 Å². The molecule has 1 N–H and O–H groups in total. The molecule has 21 heavy (non-hydrogen) atoms. The zero-order valence-electron chi connectivity index (χ0n) is 11.5. The highest BCUT2D eigenvalue weighted by molar-refractivity contribution is 9.10. The van der Waals surface area contributed by atoms with Crippen LogP contribution in [-0.4, -0.2) is 27.1 Å². The molecule has 0 spiro atoms. The normalized spacial score (nSPS) is 12.1. The number of rotatable bonds is 6. The van der Waals surface area contributed by atoms with Crippen LogP contribution in [0.25, 0.3) is 0 Å². The number of carbonyl (C=O) groups excluding carboxylic acids is 1. The first-order valence-electron chi connectivity index (χ1n) is 6.28. The maximum absolute atomic E-state index is 12.2. The van der Waals surface area contributed by atoms with E-state index in [2.05, 4.69) is 38.4 Å². The summed E-state index contributed by atoms with van der Waals surface area (Å²) in [6, 6.07) is 7.54. The summed E-state index contributed by atoms with van der Waals surface area (Å²) >= 11 is 8.00. The van der Waals surface area contributed by atoms with E-state index in [1.165, 1.54) is 23.1 Å². The Labute approximate surface area is 144 Å². The fourth-order valence-electron chi connectivity index (χ4n) is 1.44. The number of thioether (sulfide) groups is 2. The van der Waals surface area contributed by atoms with Gasteiger partial charge in [0.1, 0.15) is 0 Å². The number of anilines is 1. The average Bonchev–Trinajstić information content (AvgIpc) is 2.86. The van der Waals surface area contributed by atoms with Gasteiger partial charge < -0.3 is 5.32 Å². The van der Waals surface area contributed by atoms with Crippen LogP contribution in [0.5, 0.6) is 0 Å². The number of nitrogens with one attached hydrogen (secondary N) is 1. The summed E-state index contributed by atoms with van der Waals surface area (Å²) < 4.78 is 2.70. The summed E-state index contributed by atoms with van der Waals surface area (Å²) in [5.74, 6) is 0.927. The number of hydrogen-bond acceptors (Lipinski definition) is 6. The van der Waals surface area contributed by atoms with Crippen LogP contribution in [-0.2, 0) is 4.79 Å². The van der Waals surface area contributed by atoms with Crippen molar-refractivity contribution in [2.75, 3.05) is 11.1 Å². The van der Waals surface area contributed by atoms with Gasteiger partial charge >= 0.3 is 0 Å². The van der Waals surface area contributed by atoms with Crippen LogP contribution in [0.4, 0.5) is 5.69 Å². The molecule has 0 aliphatic heterocycles. The van der Waals surface area contributed by atoms with E-state index >= 15 is 0 Å². The van der Waals surface area contributed by atoms with Crippen molar-refractivity contribution in [1.29, 1.82) is 0 Å². The Morgan fingerprint density at radius 1 is 1.43 bits per heavy atom. The van der Waals surface area contributed by atoms with E-state index in [1.807, 2.05) is 31.2 Å². The molecule has 1 aromatic carbocycles. The van der Waals surface area contributed by atoms with E-state index in [9.17, 15) is 4.79 Å². The Morgan fingerprint density at radius 3 is 2.90 bits per heavy atom. The molecular weight excluding hydrogens is 390 g/mol. The first-order chi connectivity index (χ1) is 10.1. The van der Waals surface area contributed by atoms with E-state index < -0.39 is 0 Å². The van der Waals surface area contributed by atoms with Gasteiger partial charge in [0.25, 0.3) is 0 Å². The van der Waals surface area contributed by atoms with Crippen molar-refractivity contribution in [2.24, 2.45) is 0 Å². The van der Waals surface area contributed by atoms with Crippen molar-refractivity contribution in [2.45, 2.75) is 27.8 Å². The van der Waals surface area contributed by atoms with E-state index in [0.717, 1.165) is 24.6 Å². The summed E-state index contributed by atoms with van der Waals surface area (Å²) in [5.41, 5.74) is 0.779. The monoisotopic (exact) mass is 403 g/mol. The molecule has 2 rings (SSSR count). The predicted octanol–water partition coefficient (Wildman–Crippen LogP) is 4.53. The summed E-state index contributed by atoms with van der Waals surface area (Å²) in [6.45, 7) is 3.94. The highest BCUT2D eigenvalue weighted by atomic mass is 79.9. The second kappa shape index (κ2) is 8.17. The summed E-state index contributed by atoms with van der Waals surface area (Å²) in [5, 5.41) is 10.9. The molecule has 8 heteroatoms. The first kappa shape index (κ1) is 16.8. The van der Waals surface area contributed by atoms with Gasteiger partial charge in [-0.15, -0.1) is 10.2 Å². The number of carbonyl (C=O) groups is 1. The highest BCUT2D eigenvalue weighted by Crippen LogP contribution is 2.31. The smallest absolute Gasteiger partial charge is 0.237 e. The Morgan fingerprint density at radius 2 is 2.19 bits per heavy atom. The number of amides is 1. The SMILES string of the molecule is CCSc1nnc(S[C@H](C)C(=O)Nc2cccc(Br)c2)s1. The summed E-state index contributed by atoms with van der Waals surface area (Å²) in [4.78, 5) is 12.2. The molecule has 1 heterocycles. The fraction of sp³-hybridized carbons (Fsp3) is 0.308. The second-order valence-corrected chi connectivity index (χ2v) is 9.02. The predicted molar refractivity (Wildman–Crippen MR) is 94.4 cm³/mol. The molecule has 0 fully saturated rings. The topological polar surface area (TPSA) is 54.9 Å². The van der Waals surface area contributed by atoms with E-state index in [4.69, 9.17) is 0 Å². The zero-order chi connectivity index (χ0) is 15.2. The van der Waals surface area contributed by atoms with E-state index in [1.54, 1.807) is 11.8 Å². The second-order valence-electron chi connectivity index (χ2n) is 4.03. The third kappa shape index (κ3) is 5.28. The highest BCUT2D eigenvalue weighted by Gasteiger charge is 2.17. The van der Waals surface area contributed by atoms with Gasteiger partial charge in [0.15, 0.2) is 8.68 Å². The molecule has 0 saturated carbocycles. The van der Waals surface area contributed by atoms with Gasteiger partial charge in [-0.05, 0) is 30.9 Å². The van der Waals surface area contributed by atoms with Gasteiger partial charge in [-0.2, -0.15) is 0 Å². The van der Waals surface area contributed by atoms with E-state index in [-0.39, 0.29) is 11.2 Å². The molecule has 1 atom stereocenters. The minimum Gasteiger partial charge on any atom is -0.325 e. The molecule has 2 aromatic rings. The Bertz CT molecular complexity index is 620. The fourth-order valence-corrected chi connectivity index (χ4v) is 4.90. The van der Waals surface area contributed by atoms with Crippen LogP contribution in [0, 0.1) is 0 Å². The number of halogens is 1. The number of aromatic nitrogens is 2.